The van der Waals surface area contributed by atoms with Crippen LogP contribution in [0.15, 0.2) is 88.7 Å². The third-order valence-electron chi connectivity index (χ3n) is 3.90. The van der Waals surface area contributed by atoms with Crippen molar-refractivity contribution in [2.75, 3.05) is 12.5 Å². The van der Waals surface area contributed by atoms with Crippen LogP contribution >= 0.6 is 0 Å². The first-order valence-corrected chi connectivity index (χ1v) is 9.60. The monoisotopic (exact) mass is 368 g/mol. The zero-order chi connectivity index (χ0) is 18.4. The highest BCUT2D eigenvalue weighted by molar-refractivity contribution is 7.91. The Hall–Kier alpha value is -2.83. The number of benzene rings is 3. The van der Waals surface area contributed by atoms with Gasteiger partial charge in [-0.15, -0.1) is 0 Å². The molecule has 5 nitrogen and oxygen atoms in total. The average molecular weight is 368 g/mol. The smallest absolute Gasteiger partial charge is 0.207 e. The normalized spacial score (nSPS) is 11.1. The van der Waals surface area contributed by atoms with E-state index in [1.54, 1.807) is 48.5 Å². The van der Waals surface area contributed by atoms with Gasteiger partial charge in [0, 0.05) is 12.2 Å². The Bertz CT molecular complexity index is 959. The van der Waals surface area contributed by atoms with Gasteiger partial charge in [-0.05, 0) is 42.0 Å². The molecule has 0 aromatic heterocycles. The Morgan fingerprint density at radius 2 is 1.54 bits per heavy atom. The predicted octanol–water partition coefficient (Wildman–Crippen LogP) is 3.64. The van der Waals surface area contributed by atoms with E-state index in [-0.39, 0.29) is 9.79 Å². The van der Waals surface area contributed by atoms with Crippen LogP contribution in [-0.2, 0) is 16.4 Å². The lowest BCUT2D eigenvalue weighted by Crippen LogP contribution is -2.22. The van der Waals surface area contributed by atoms with E-state index < -0.39 is 9.84 Å². The summed E-state index contributed by atoms with van der Waals surface area (Å²) in [5.41, 5.74) is 7.68. The van der Waals surface area contributed by atoms with E-state index in [0.29, 0.717) is 17.9 Å². The lowest BCUT2D eigenvalue weighted by Gasteiger charge is -2.14. The maximum atomic E-state index is 13.1. The van der Waals surface area contributed by atoms with E-state index in [9.17, 15) is 8.42 Å². The maximum absolute atomic E-state index is 13.1. The summed E-state index contributed by atoms with van der Waals surface area (Å²) in [6, 6.07) is 23.1. The number of para-hydroxylation sites is 1. The number of ether oxygens (including phenoxy) is 1. The SMILES string of the molecule is COc1ccc(CNNc2ccccc2)c(S(=O)(=O)c2ccccc2)c1. The number of methoxy groups -OCH3 is 1. The van der Waals surface area contributed by atoms with Crippen LogP contribution in [0, 0.1) is 0 Å². The van der Waals surface area contributed by atoms with E-state index in [0.717, 1.165) is 5.69 Å². The molecular formula is C20H20N2O3S. The second kappa shape index (κ2) is 8.03. The summed E-state index contributed by atoms with van der Waals surface area (Å²) in [6.45, 7) is 0.334. The summed E-state index contributed by atoms with van der Waals surface area (Å²) in [5.74, 6) is 0.499. The third kappa shape index (κ3) is 4.04. The number of rotatable bonds is 7. The molecule has 0 heterocycles. The van der Waals surface area contributed by atoms with Crippen LogP contribution in [0.25, 0.3) is 0 Å². The summed E-state index contributed by atoms with van der Waals surface area (Å²) >= 11 is 0. The molecule has 0 aliphatic carbocycles. The fourth-order valence-corrected chi connectivity index (χ4v) is 4.07. The molecule has 0 atom stereocenters. The van der Waals surface area contributed by atoms with Gasteiger partial charge in [-0.25, -0.2) is 13.8 Å². The van der Waals surface area contributed by atoms with Gasteiger partial charge >= 0.3 is 0 Å². The number of hydrogen-bond acceptors (Lipinski definition) is 5. The van der Waals surface area contributed by atoms with E-state index in [1.807, 2.05) is 30.3 Å². The molecule has 0 radical (unpaired) electrons. The van der Waals surface area contributed by atoms with Crippen LogP contribution in [0.2, 0.25) is 0 Å². The number of anilines is 1. The molecular weight excluding hydrogens is 348 g/mol. The highest BCUT2D eigenvalue weighted by Gasteiger charge is 2.21. The molecule has 6 heteroatoms. The first kappa shape index (κ1) is 18.0. The molecule has 0 saturated carbocycles. The van der Waals surface area contributed by atoms with Crippen molar-refractivity contribution in [3.8, 4) is 5.75 Å². The Morgan fingerprint density at radius 3 is 2.19 bits per heavy atom. The van der Waals surface area contributed by atoms with Crippen LogP contribution in [0.4, 0.5) is 5.69 Å². The van der Waals surface area contributed by atoms with Crippen LogP contribution in [0.1, 0.15) is 5.56 Å². The standard InChI is InChI=1S/C20H20N2O3S/c1-25-18-13-12-16(15-21-22-17-8-4-2-5-9-17)20(14-18)26(23,24)19-10-6-3-7-11-19/h2-14,21-22H,15H2,1H3. The molecule has 0 aliphatic heterocycles. The summed E-state index contributed by atoms with van der Waals surface area (Å²) < 4.78 is 31.3. The zero-order valence-corrected chi connectivity index (χ0v) is 15.2. The molecule has 2 N–H and O–H groups in total. The van der Waals surface area contributed by atoms with Gasteiger partial charge in [0.2, 0.25) is 9.84 Å². The van der Waals surface area contributed by atoms with Crippen LogP contribution in [0.5, 0.6) is 5.75 Å². The Kier molecular flexibility index (Phi) is 5.55. The molecule has 0 bridgehead atoms. The van der Waals surface area contributed by atoms with Gasteiger partial charge in [0.15, 0.2) is 0 Å². The fourth-order valence-electron chi connectivity index (χ4n) is 2.55. The van der Waals surface area contributed by atoms with Gasteiger partial charge in [0.05, 0.1) is 16.9 Å². The van der Waals surface area contributed by atoms with Crippen molar-refractivity contribution < 1.29 is 13.2 Å². The molecule has 26 heavy (non-hydrogen) atoms. The van der Waals surface area contributed by atoms with Crippen molar-refractivity contribution in [1.29, 1.82) is 0 Å². The Morgan fingerprint density at radius 1 is 0.885 bits per heavy atom. The van der Waals surface area contributed by atoms with E-state index in [1.165, 1.54) is 7.11 Å². The quantitative estimate of drug-likeness (QED) is 0.623. The molecule has 0 aliphatic rings. The fraction of sp³-hybridized carbons (Fsp3) is 0.100. The molecule has 3 rings (SSSR count). The molecule has 0 amide bonds. The highest BCUT2D eigenvalue weighted by Crippen LogP contribution is 2.28. The van der Waals surface area contributed by atoms with Gasteiger partial charge < -0.3 is 10.2 Å². The predicted molar refractivity (Wildman–Crippen MR) is 102 cm³/mol. The van der Waals surface area contributed by atoms with Crippen molar-refractivity contribution >= 4 is 15.5 Å². The van der Waals surface area contributed by atoms with E-state index in [4.69, 9.17) is 4.74 Å². The number of sulfone groups is 1. The van der Waals surface area contributed by atoms with Crippen LogP contribution in [0.3, 0.4) is 0 Å². The first-order chi connectivity index (χ1) is 12.6. The Labute approximate surface area is 153 Å². The molecule has 0 saturated heterocycles. The van der Waals surface area contributed by atoms with E-state index in [2.05, 4.69) is 10.9 Å². The van der Waals surface area contributed by atoms with Crippen molar-refractivity contribution in [3.05, 3.63) is 84.4 Å². The lowest BCUT2D eigenvalue weighted by molar-refractivity contribution is 0.413. The first-order valence-electron chi connectivity index (χ1n) is 8.12. The van der Waals surface area contributed by atoms with Crippen LogP contribution in [-0.4, -0.2) is 15.5 Å². The molecule has 0 spiro atoms. The average Bonchev–Trinajstić information content (AvgIpc) is 2.69. The number of hydrazine groups is 1. The van der Waals surface area contributed by atoms with E-state index >= 15 is 0 Å². The third-order valence-corrected chi connectivity index (χ3v) is 5.75. The van der Waals surface area contributed by atoms with Crippen molar-refractivity contribution in [3.63, 3.8) is 0 Å². The molecule has 0 unspecified atom stereocenters. The Balaban J connectivity index is 1.88. The molecule has 3 aromatic rings. The van der Waals surface area contributed by atoms with Gasteiger partial charge in [0.25, 0.3) is 0 Å². The van der Waals surface area contributed by atoms with Crippen LogP contribution < -0.4 is 15.6 Å². The second-order valence-corrected chi connectivity index (χ2v) is 7.55. The summed E-state index contributed by atoms with van der Waals surface area (Å²) in [6.07, 6.45) is 0. The minimum atomic E-state index is -3.65. The van der Waals surface area contributed by atoms with Crippen molar-refractivity contribution in [2.45, 2.75) is 16.3 Å². The van der Waals surface area contributed by atoms with Crippen molar-refractivity contribution in [2.24, 2.45) is 0 Å². The summed E-state index contributed by atoms with van der Waals surface area (Å²) in [4.78, 5) is 0.482. The van der Waals surface area contributed by atoms with Gasteiger partial charge in [-0.3, -0.25) is 0 Å². The zero-order valence-electron chi connectivity index (χ0n) is 14.3. The molecule has 0 fully saturated rings. The summed E-state index contributed by atoms with van der Waals surface area (Å²) in [5, 5.41) is 0. The van der Waals surface area contributed by atoms with Gasteiger partial charge in [0.1, 0.15) is 5.75 Å². The minimum absolute atomic E-state index is 0.227. The lowest BCUT2D eigenvalue weighted by atomic mass is 10.2. The topological polar surface area (TPSA) is 67.4 Å². The second-order valence-electron chi connectivity index (χ2n) is 5.63. The largest absolute Gasteiger partial charge is 0.497 e. The minimum Gasteiger partial charge on any atom is -0.497 e. The van der Waals surface area contributed by atoms with Gasteiger partial charge in [-0.1, -0.05) is 42.5 Å². The maximum Gasteiger partial charge on any atom is 0.207 e. The number of hydrogen-bond donors (Lipinski definition) is 2. The van der Waals surface area contributed by atoms with Gasteiger partial charge in [-0.2, -0.15) is 0 Å². The molecule has 3 aromatic carbocycles. The van der Waals surface area contributed by atoms with Crippen molar-refractivity contribution in [1.82, 2.24) is 5.43 Å². The molecule has 134 valence electrons. The highest BCUT2D eigenvalue weighted by atomic mass is 32.2. The summed E-state index contributed by atoms with van der Waals surface area (Å²) in [7, 11) is -2.13. The number of nitrogens with one attached hydrogen (secondary N) is 2.